The molecule has 1 amide bonds. The van der Waals surface area contributed by atoms with Gasteiger partial charge in [0.1, 0.15) is 18.1 Å². The number of carbonyl (C=O) groups is 3. The van der Waals surface area contributed by atoms with Crippen molar-refractivity contribution in [2.75, 3.05) is 26.9 Å². The lowest BCUT2D eigenvalue weighted by atomic mass is 9.85. The van der Waals surface area contributed by atoms with Gasteiger partial charge in [-0.3, -0.25) is 9.69 Å². The predicted octanol–water partition coefficient (Wildman–Crippen LogP) is 1.11. The zero-order valence-corrected chi connectivity index (χ0v) is 16.3. The summed E-state index contributed by atoms with van der Waals surface area (Å²) in [4.78, 5) is 37.2. The molecule has 2 fully saturated rings. The van der Waals surface area contributed by atoms with Crippen LogP contribution >= 0.6 is 0 Å². The Hall–Kier alpha value is -3.07. The SMILES string of the molecule is CCOC(=O)COC/C=C1\O[C@@H]2CC(=O)N2[C@@]1(Cc1ccc(OC)cc1)C(=O)O. The van der Waals surface area contributed by atoms with Gasteiger partial charge in [-0.25, -0.2) is 9.59 Å². The fourth-order valence-electron chi connectivity index (χ4n) is 3.49. The van der Waals surface area contributed by atoms with Crippen molar-refractivity contribution in [3.05, 3.63) is 41.7 Å². The van der Waals surface area contributed by atoms with Crippen molar-refractivity contribution in [1.29, 1.82) is 0 Å². The van der Waals surface area contributed by atoms with Gasteiger partial charge >= 0.3 is 11.9 Å². The molecule has 2 aliphatic heterocycles. The summed E-state index contributed by atoms with van der Waals surface area (Å²) in [5.74, 6) is -1.23. The number of methoxy groups -OCH3 is 1. The highest BCUT2D eigenvalue weighted by Gasteiger charge is 2.64. The highest BCUT2D eigenvalue weighted by atomic mass is 16.6. The van der Waals surface area contributed by atoms with Crippen LogP contribution in [0.3, 0.4) is 0 Å². The molecule has 9 heteroatoms. The molecule has 1 aromatic rings. The van der Waals surface area contributed by atoms with Crippen LogP contribution in [0.5, 0.6) is 5.75 Å². The van der Waals surface area contributed by atoms with Crippen LogP contribution < -0.4 is 4.74 Å². The number of aliphatic carboxylic acids is 1. The lowest BCUT2D eigenvalue weighted by Crippen LogP contribution is -2.63. The number of ether oxygens (including phenoxy) is 4. The van der Waals surface area contributed by atoms with Crippen LogP contribution in [0.4, 0.5) is 0 Å². The van der Waals surface area contributed by atoms with Gasteiger partial charge in [-0.05, 0) is 30.7 Å². The second kappa shape index (κ2) is 8.52. The van der Waals surface area contributed by atoms with E-state index in [1.807, 2.05) is 0 Å². The van der Waals surface area contributed by atoms with E-state index >= 15 is 0 Å². The van der Waals surface area contributed by atoms with Crippen molar-refractivity contribution < 1.29 is 38.4 Å². The summed E-state index contributed by atoms with van der Waals surface area (Å²) in [5.41, 5.74) is -0.961. The predicted molar refractivity (Wildman–Crippen MR) is 98.9 cm³/mol. The summed E-state index contributed by atoms with van der Waals surface area (Å²) in [6.45, 7) is 1.62. The van der Waals surface area contributed by atoms with Gasteiger partial charge in [0, 0.05) is 6.42 Å². The van der Waals surface area contributed by atoms with E-state index in [0.717, 1.165) is 0 Å². The van der Waals surface area contributed by atoms with Crippen molar-refractivity contribution in [3.63, 3.8) is 0 Å². The normalized spacial score (nSPS) is 23.9. The number of fused-ring (bicyclic) bond motifs is 1. The quantitative estimate of drug-likeness (QED) is 0.370. The number of nitrogens with zero attached hydrogens (tertiary/aromatic N) is 1. The van der Waals surface area contributed by atoms with E-state index in [1.165, 1.54) is 11.0 Å². The monoisotopic (exact) mass is 405 g/mol. The van der Waals surface area contributed by atoms with Crippen LogP contribution in [0.1, 0.15) is 18.9 Å². The number of carboxylic acids is 1. The number of carbonyl (C=O) groups excluding carboxylic acids is 2. The topological polar surface area (TPSA) is 112 Å². The zero-order chi connectivity index (χ0) is 21.0. The standard InChI is InChI=1S/C20H23NO8/c1-3-28-18(23)12-27-9-8-15-20(19(24)25,21-16(22)10-17(21)29-15)11-13-4-6-14(26-2)7-5-13/h4-8,17H,3,9-12H2,1-2H3,(H,24,25)/b15-8-/t17-,20-/m1/s1. The van der Waals surface area contributed by atoms with Crippen LogP contribution in [-0.4, -0.2) is 66.5 Å². The van der Waals surface area contributed by atoms with Crippen LogP contribution in [0.2, 0.25) is 0 Å². The summed E-state index contributed by atoms with van der Waals surface area (Å²) in [7, 11) is 1.54. The fraction of sp³-hybridized carbons (Fsp3) is 0.450. The van der Waals surface area contributed by atoms with Crippen molar-refractivity contribution in [1.82, 2.24) is 4.90 Å². The smallest absolute Gasteiger partial charge is 0.338 e. The Bertz CT molecular complexity index is 818. The summed E-state index contributed by atoms with van der Waals surface area (Å²) < 4.78 is 20.9. The van der Waals surface area contributed by atoms with Gasteiger partial charge in [-0.15, -0.1) is 0 Å². The van der Waals surface area contributed by atoms with E-state index in [2.05, 4.69) is 0 Å². The molecule has 0 saturated carbocycles. The van der Waals surface area contributed by atoms with E-state index in [1.54, 1.807) is 38.3 Å². The first-order valence-corrected chi connectivity index (χ1v) is 9.21. The molecule has 9 nitrogen and oxygen atoms in total. The van der Waals surface area contributed by atoms with E-state index < -0.39 is 23.7 Å². The molecule has 2 atom stereocenters. The number of rotatable bonds is 9. The van der Waals surface area contributed by atoms with E-state index in [9.17, 15) is 19.5 Å². The van der Waals surface area contributed by atoms with Gasteiger partial charge in [-0.2, -0.15) is 0 Å². The average molecular weight is 405 g/mol. The molecule has 0 spiro atoms. The van der Waals surface area contributed by atoms with E-state index in [-0.39, 0.29) is 44.3 Å². The maximum Gasteiger partial charge on any atom is 0.338 e. The molecule has 1 N–H and O–H groups in total. The Balaban J connectivity index is 1.83. The molecule has 2 saturated heterocycles. The van der Waals surface area contributed by atoms with Gasteiger partial charge in [0.05, 0.1) is 26.7 Å². The molecule has 0 unspecified atom stereocenters. The highest BCUT2D eigenvalue weighted by molar-refractivity contribution is 5.94. The van der Waals surface area contributed by atoms with E-state index in [0.29, 0.717) is 11.3 Å². The molecule has 2 heterocycles. The lowest BCUT2D eigenvalue weighted by Gasteiger charge is -2.40. The number of carboxylic acid groups (broad SMARTS) is 1. The van der Waals surface area contributed by atoms with Crippen LogP contribution in [0.25, 0.3) is 0 Å². The number of hydrogen-bond donors (Lipinski definition) is 1. The number of amides is 1. The molecule has 29 heavy (non-hydrogen) atoms. The molecular formula is C20H23NO8. The second-order valence-electron chi connectivity index (χ2n) is 6.62. The van der Waals surface area contributed by atoms with E-state index in [4.69, 9.17) is 18.9 Å². The molecule has 0 aromatic heterocycles. The average Bonchev–Trinajstić information content (AvgIpc) is 2.94. The first-order valence-electron chi connectivity index (χ1n) is 9.21. The zero-order valence-electron chi connectivity index (χ0n) is 16.3. The Morgan fingerprint density at radius 2 is 2.07 bits per heavy atom. The molecule has 0 radical (unpaired) electrons. The van der Waals surface area contributed by atoms with Gasteiger partial charge in [0.2, 0.25) is 11.4 Å². The number of benzene rings is 1. The summed E-state index contributed by atoms with van der Waals surface area (Å²) in [6.07, 6.45) is 0.993. The number of β-lactam (4-membered cyclic amide) rings is 1. The van der Waals surface area contributed by atoms with Crippen molar-refractivity contribution in [2.24, 2.45) is 0 Å². The molecule has 3 rings (SSSR count). The Labute approximate surface area is 167 Å². The molecule has 0 aliphatic carbocycles. The molecule has 0 bridgehead atoms. The molecular weight excluding hydrogens is 382 g/mol. The van der Waals surface area contributed by atoms with Gasteiger partial charge in [-0.1, -0.05) is 12.1 Å². The third-order valence-electron chi connectivity index (χ3n) is 4.87. The maximum absolute atomic E-state index is 12.4. The Morgan fingerprint density at radius 1 is 1.34 bits per heavy atom. The number of esters is 1. The van der Waals surface area contributed by atoms with Crippen LogP contribution in [-0.2, 0) is 35.0 Å². The highest BCUT2D eigenvalue weighted by Crippen LogP contribution is 2.46. The van der Waals surface area contributed by atoms with Crippen molar-refractivity contribution >= 4 is 17.8 Å². The third kappa shape index (κ3) is 3.91. The summed E-state index contributed by atoms with van der Waals surface area (Å²) >= 11 is 0. The van der Waals surface area contributed by atoms with Gasteiger partial charge in [0.25, 0.3) is 0 Å². The molecule has 1 aromatic carbocycles. The Kier molecular flexibility index (Phi) is 6.07. The van der Waals surface area contributed by atoms with Crippen molar-refractivity contribution in [2.45, 2.75) is 31.5 Å². The van der Waals surface area contributed by atoms with Crippen molar-refractivity contribution in [3.8, 4) is 5.75 Å². The summed E-state index contributed by atoms with van der Waals surface area (Å²) in [6, 6.07) is 6.94. The van der Waals surface area contributed by atoms with Gasteiger partial charge < -0.3 is 24.1 Å². The first-order chi connectivity index (χ1) is 13.9. The molecule has 2 aliphatic rings. The van der Waals surface area contributed by atoms with Crippen LogP contribution in [0.15, 0.2) is 36.1 Å². The first kappa shape index (κ1) is 20.7. The minimum Gasteiger partial charge on any atom is -0.497 e. The maximum atomic E-state index is 12.4. The Morgan fingerprint density at radius 3 is 2.66 bits per heavy atom. The molecule has 156 valence electrons. The third-order valence-corrected chi connectivity index (χ3v) is 4.87. The fourth-order valence-corrected chi connectivity index (χ4v) is 3.49. The lowest BCUT2D eigenvalue weighted by molar-refractivity contribution is -0.170. The van der Waals surface area contributed by atoms with Gasteiger partial charge in [0.15, 0.2) is 6.23 Å². The van der Waals surface area contributed by atoms with Crippen LogP contribution in [0, 0.1) is 0 Å². The number of hydrogen-bond acceptors (Lipinski definition) is 7. The largest absolute Gasteiger partial charge is 0.497 e. The minimum absolute atomic E-state index is 0.0261. The second-order valence-corrected chi connectivity index (χ2v) is 6.62. The summed E-state index contributed by atoms with van der Waals surface area (Å²) in [5, 5.41) is 10.1. The minimum atomic E-state index is -1.66.